The Labute approximate surface area is 120 Å². The van der Waals surface area contributed by atoms with Crippen LogP contribution < -0.4 is 5.32 Å². The molecule has 4 atom stereocenters. The molecule has 0 aliphatic carbocycles. The number of amides is 1. The lowest BCUT2D eigenvalue weighted by molar-refractivity contribution is -0.167. The van der Waals surface area contributed by atoms with Crippen molar-refractivity contribution in [2.75, 3.05) is 26.3 Å². The zero-order chi connectivity index (χ0) is 15.0. The number of hydrogen-bond acceptors (Lipinski definition) is 4. The van der Waals surface area contributed by atoms with Crippen LogP contribution in [-0.2, 0) is 14.3 Å². The minimum absolute atomic E-state index is 0.00356. The van der Waals surface area contributed by atoms with Gasteiger partial charge in [-0.1, -0.05) is 0 Å². The van der Waals surface area contributed by atoms with Gasteiger partial charge in [-0.25, -0.2) is 0 Å². The van der Waals surface area contributed by atoms with Crippen LogP contribution in [0.2, 0.25) is 0 Å². The second kappa shape index (κ2) is 5.73. The summed E-state index contributed by atoms with van der Waals surface area (Å²) in [6.45, 7) is -0.743. The third-order valence-corrected chi connectivity index (χ3v) is 4.36. The molecule has 0 spiro atoms. The third kappa shape index (κ3) is 3.49. The predicted octanol–water partition coefficient (Wildman–Crippen LogP) is 0.686. The Bertz CT molecular complexity index is 405. The van der Waals surface area contributed by atoms with Crippen LogP contribution >= 0.6 is 0 Å². The SMILES string of the molecule is O=C(N[C@@H]1C[C@H]2CC[C@H]1O2)[C@@H]1COCCN1CC(F)(F)F. The Morgan fingerprint density at radius 3 is 2.76 bits per heavy atom. The van der Waals surface area contributed by atoms with Gasteiger partial charge in [-0.2, -0.15) is 13.2 Å². The molecule has 0 aromatic carbocycles. The second-order valence-corrected chi connectivity index (χ2v) is 5.90. The zero-order valence-electron chi connectivity index (χ0n) is 11.6. The molecule has 2 bridgehead atoms. The van der Waals surface area contributed by atoms with Crippen LogP contribution in [0.5, 0.6) is 0 Å². The summed E-state index contributed by atoms with van der Waals surface area (Å²) in [5.74, 6) is -0.389. The number of rotatable bonds is 3. The molecule has 120 valence electrons. The van der Waals surface area contributed by atoms with E-state index in [1.807, 2.05) is 0 Å². The highest BCUT2D eigenvalue weighted by molar-refractivity contribution is 5.82. The van der Waals surface area contributed by atoms with Crippen molar-refractivity contribution in [3.8, 4) is 0 Å². The van der Waals surface area contributed by atoms with Crippen molar-refractivity contribution in [2.45, 2.75) is 49.7 Å². The lowest BCUT2D eigenvalue weighted by atomic mass is 9.95. The van der Waals surface area contributed by atoms with E-state index in [-0.39, 0.29) is 43.9 Å². The van der Waals surface area contributed by atoms with E-state index in [9.17, 15) is 18.0 Å². The molecule has 1 amide bonds. The van der Waals surface area contributed by atoms with Crippen LogP contribution in [0, 0.1) is 0 Å². The van der Waals surface area contributed by atoms with Crippen LogP contribution in [0.25, 0.3) is 0 Å². The Morgan fingerprint density at radius 1 is 1.33 bits per heavy atom. The number of carbonyl (C=O) groups excluding carboxylic acids is 1. The smallest absolute Gasteiger partial charge is 0.378 e. The van der Waals surface area contributed by atoms with Gasteiger partial charge in [0.05, 0.1) is 38.0 Å². The Hall–Kier alpha value is -0.860. The lowest BCUT2D eigenvalue weighted by Crippen LogP contribution is -2.58. The first-order valence-electron chi connectivity index (χ1n) is 7.27. The summed E-state index contributed by atoms with van der Waals surface area (Å²) in [5.41, 5.74) is 0. The first-order valence-corrected chi connectivity index (χ1v) is 7.27. The first kappa shape index (κ1) is 15.1. The van der Waals surface area contributed by atoms with Crippen molar-refractivity contribution in [3.63, 3.8) is 0 Å². The Balaban J connectivity index is 1.59. The van der Waals surface area contributed by atoms with Crippen LogP contribution in [-0.4, -0.2) is 67.6 Å². The number of nitrogens with one attached hydrogen (secondary N) is 1. The van der Waals surface area contributed by atoms with E-state index in [1.54, 1.807) is 0 Å². The highest BCUT2D eigenvalue weighted by atomic mass is 19.4. The van der Waals surface area contributed by atoms with Gasteiger partial charge in [0.15, 0.2) is 0 Å². The van der Waals surface area contributed by atoms with E-state index in [2.05, 4.69) is 5.32 Å². The number of ether oxygens (including phenoxy) is 2. The van der Waals surface area contributed by atoms with E-state index < -0.39 is 18.8 Å². The number of fused-ring (bicyclic) bond motifs is 2. The maximum Gasteiger partial charge on any atom is 0.401 e. The molecule has 5 nitrogen and oxygen atoms in total. The van der Waals surface area contributed by atoms with E-state index in [0.717, 1.165) is 24.2 Å². The minimum Gasteiger partial charge on any atom is -0.378 e. The van der Waals surface area contributed by atoms with Crippen LogP contribution in [0.3, 0.4) is 0 Å². The number of alkyl halides is 3. The quantitative estimate of drug-likeness (QED) is 0.833. The molecule has 3 rings (SSSR count). The van der Waals surface area contributed by atoms with Gasteiger partial charge in [-0.05, 0) is 19.3 Å². The van der Waals surface area contributed by atoms with Gasteiger partial charge in [-0.3, -0.25) is 9.69 Å². The molecule has 0 saturated carbocycles. The van der Waals surface area contributed by atoms with E-state index in [4.69, 9.17) is 9.47 Å². The fraction of sp³-hybridized carbons (Fsp3) is 0.923. The summed E-state index contributed by atoms with van der Waals surface area (Å²) in [6, 6.07) is -0.953. The topological polar surface area (TPSA) is 50.8 Å². The molecular formula is C13H19F3N2O3. The molecule has 0 radical (unpaired) electrons. The standard InChI is InChI=1S/C13H19F3N2O3/c14-13(15,16)7-18-3-4-20-6-10(18)12(19)17-9-5-8-1-2-11(9)21-8/h8-11H,1-7H2,(H,17,19)/t8-,9-,10+,11-/m1/s1. The van der Waals surface area contributed by atoms with E-state index >= 15 is 0 Å². The molecule has 21 heavy (non-hydrogen) atoms. The van der Waals surface area contributed by atoms with Crippen molar-refractivity contribution >= 4 is 5.91 Å². The van der Waals surface area contributed by atoms with Gasteiger partial charge < -0.3 is 14.8 Å². The van der Waals surface area contributed by atoms with Crippen molar-refractivity contribution in [1.29, 1.82) is 0 Å². The molecule has 8 heteroatoms. The van der Waals surface area contributed by atoms with E-state index in [1.165, 1.54) is 0 Å². The monoisotopic (exact) mass is 308 g/mol. The van der Waals surface area contributed by atoms with Gasteiger partial charge in [0.2, 0.25) is 5.91 Å². The van der Waals surface area contributed by atoms with E-state index in [0.29, 0.717) is 0 Å². The molecule has 1 N–H and O–H groups in total. The van der Waals surface area contributed by atoms with Gasteiger partial charge in [0.1, 0.15) is 6.04 Å². The highest BCUT2D eigenvalue weighted by Gasteiger charge is 2.43. The Kier molecular flexibility index (Phi) is 4.11. The first-order chi connectivity index (χ1) is 9.92. The molecule has 3 saturated heterocycles. The Morgan fingerprint density at radius 2 is 2.14 bits per heavy atom. The summed E-state index contributed by atoms with van der Waals surface area (Å²) >= 11 is 0. The third-order valence-electron chi connectivity index (χ3n) is 4.36. The maximum absolute atomic E-state index is 12.6. The molecule has 3 heterocycles. The second-order valence-electron chi connectivity index (χ2n) is 5.90. The summed E-state index contributed by atoms with van der Waals surface area (Å²) < 4.78 is 48.5. The fourth-order valence-electron chi connectivity index (χ4n) is 3.37. The minimum atomic E-state index is -4.31. The number of hydrogen-bond donors (Lipinski definition) is 1. The van der Waals surface area contributed by atoms with Crippen LogP contribution in [0.15, 0.2) is 0 Å². The van der Waals surface area contributed by atoms with Gasteiger partial charge in [0.25, 0.3) is 0 Å². The van der Waals surface area contributed by atoms with Gasteiger partial charge in [-0.15, -0.1) is 0 Å². The number of nitrogens with zero attached hydrogens (tertiary/aromatic N) is 1. The van der Waals surface area contributed by atoms with Crippen molar-refractivity contribution < 1.29 is 27.4 Å². The average Bonchev–Trinajstić information content (AvgIpc) is 2.99. The zero-order valence-corrected chi connectivity index (χ0v) is 11.6. The number of morpholine rings is 1. The van der Waals surface area contributed by atoms with Gasteiger partial charge >= 0.3 is 6.18 Å². The molecule has 0 unspecified atom stereocenters. The predicted molar refractivity (Wildman–Crippen MR) is 66.7 cm³/mol. The number of carbonyl (C=O) groups is 1. The van der Waals surface area contributed by atoms with Crippen molar-refractivity contribution in [3.05, 3.63) is 0 Å². The summed E-state index contributed by atoms with van der Waals surface area (Å²) in [4.78, 5) is 13.4. The largest absolute Gasteiger partial charge is 0.401 e. The van der Waals surface area contributed by atoms with Gasteiger partial charge in [0, 0.05) is 6.54 Å². The van der Waals surface area contributed by atoms with Crippen molar-refractivity contribution in [2.24, 2.45) is 0 Å². The summed E-state index contributed by atoms with van der Waals surface area (Å²) in [5, 5.41) is 2.84. The van der Waals surface area contributed by atoms with Crippen LogP contribution in [0.4, 0.5) is 13.2 Å². The average molecular weight is 308 g/mol. The summed E-state index contributed by atoms with van der Waals surface area (Å²) in [7, 11) is 0. The molecule has 0 aromatic heterocycles. The summed E-state index contributed by atoms with van der Waals surface area (Å²) in [6.07, 6.45) is -1.45. The van der Waals surface area contributed by atoms with Crippen LogP contribution in [0.1, 0.15) is 19.3 Å². The molecule has 3 fully saturated rings. The molecular weight excluding hydrogens is 289 g/mol. The molecule has 3 aliphatic rings. The van der Waals surface area contributed by atoms with Crippen molar-refractivity contribution in [1.82, 2.24) is 10.2 Å². The maximum atomic E-state index is 12.6. The molecule has 3 aliphatic heterocycles. The highest BCUT2D eigenvalue weighted by Crippen LogP contribution is 2.34. The molecule has 0 aromatic rings. The lowest BCUT2D eigenvalue weighted by Gasteiger charge is -2.35. The number of halogens is 3. The fourth-order valence-corrected chi connectivity index (χ4v) is 3.37. The normalized spacial score (nSPS) is 36.9.